The molecular formula is C21H17ClF2N4O2. The van der Waals surface area contributed by atoms with E-state index in [9.17, 15) is 14.3 Å². The number of nitrogens with one attached hydrogen (secondary N) is 1. The third-order valence-corrected chi connectivity index (χ3v) is 6.05. The topological polar surface area (TPSA) is 68.7 Å². The Hall–Kier alpha value is -2.97. The van der Waals surface area contributed by atoms with Crippen LogP contribution < -0.4 is 15.1 Å². The third kappa shape index (κ3) is 2.57. The molecule has 0 aliphatic carbocycles. The maximum Gasteiger partial charge on any atom is 0.250 e. The van der Waals surface area contributed by atoms with Gasteiger partial charge in [-0.25, -0.2) is 8.78 Å². The first kappa shape index (κ1) is 19.0. The molecule has 1 fully saturated rings. The van der Waals surface area contributed by atoms with E-state index in [1.54, 1.807) is 7.05 Å². The van der Waals surface area contributed by atoms with Crippen molar-refractivity contribution in [3.05, 3.63) is 47.1 Å². The van der Waals surface area contributed by atoms with Gasteiger partial charge in [-0.05, 0) is 18.2 Å². The first-order chi connectivity index (χ1) is 14.4. The van der Waals surface area contributed by atoms with Crippen molar-refractivity contribution in [2.75, 3.05) is 36.5 Å². The number of anilines is 2. The minimum absolute atomic E-state index is 0.00386. The molecule has 154 valence electrons. The number of piperazine rings is 1. The Labute approximate surface area is 175 Å². The van der Waals surface area contributed by atoms with Crippen LogP contribution in [0.25, 0.3) is 22.0 Å². The average Bonchev–Trinajstić information content (AvgIpc) is 2.73. The van der Waals surface area contributed by atoms with E-state index >= 15 is 4.39 Å². The first-order valence-corrected chi connectivity index (χ1v) is 9.81. The van der Waals surface area contributed by atoms with Gasteiger partial charge in [0.15, 0.2) is 5.82 Å². The number of phenols is 1. The Bertz CT molecular complexity index is 1200. The number of nitrogens with zero attached hydrogens (tertiary/aromatic N) is 3. The highest BCUT2D eigenvalue weighted by Crippen LogP contribution is 2.46. The lowest BCUT2D eigenvalue weighted by Crippen LogP contribution is -2.61. The number of hydrogen-bond acceptors (Lipinski definition) is 5. The molecule has 0 saturated carbocycles. The average molecular weight is 431 g/mol. The lowest BCUT2D eigenvalue weighted by atomic mass is 9.97. The van der Waals surface area contributed by atoms with E-state index in [1.807, 2.05) is 4.90 Å². The van der Waals surface area contributed by atoms with Crippen LogP contribution in [0, 0.1) is 11.6 Å². The molecule has 1 aromatic heterocycles. The number of aromatic nitrogens is 1. The van der Waals surface area contributed by atoms with Gasteiger partial charge in [-0.1, -0.05) is 17.7 Å². The Balaban J connectivity index is 1.82. The number of pyridine rings is 1. The number of carbonyl (C=O) groups is 1. The van der Waals surface area contributed by atoms with Crippen molar-refractivity contribution in [2.45, 2.75) is 6.04 Å². The molecule has 3 aromatic rings. The van der Waals surface area contributed by atoms with Crippen molar-refractivity contribution < 1.29 is 18.7 Å². The van der Waals surface area contributed by atoms with E-state index in [1.165, 1.54) is 29.3 Å². The second-order valence-corrected chi connectivity index (χ2v) is 7.79. The highest BCUT2D eigenvalue weighted by Gasteiger charge is 2.39. The van der Waals surface area contributed by atoms with E-state index in [0.717, 1.165) is 6.07 Å². The number of halogens is 3. The van der Waals surface area contributed by atoms with Crippen molar-refractivity contribution in [3.8, 4) is 16.9 Å². The van der Waals surface area contributed by atoms with Gasteiger partial charge in [0.1, 0.15) is 23.1 Å². The molecule has 30 heavy (non-hydrogen) atoms. The number of fused-ring (bicyclic) bond motifs is 5. The van der Waals surface area contributed by atoms with Crippen LogP contribution in [0.15, 0.2) is 30.5 Å². The van der Waals surface area contributed by atoms with Crippen LogP contribution in [0.3, 0.4) is 0 Å². The summed E-state index contributed by atoms with van der Waals surface area (Å²) in [5, 5.41) is 13.7. The van der Waals surface area contributed by atoms with Crippen molar-refractivity contribution in [3.63, 3.8) is 0 Å². The van der Waals surface area contributed by atoms with Gasteiger partial charge in [-0.2, -0.15) is 0 Å². The number of benzene rings is 2. The quantitative estimate of drug-likeness (QED) is 0.620. The van der Waals surface area contributed by atoms with Gasteiger partial charge in [0.25, 0.3) is 5.91 Å². The van der Waals surface area contributed by atoms with Gasteiger partial charge in [-0.3, -0.25) is 9.78 Å². The van der Waals surface area contributed by atoms with Crippen LogP contribution in [0.2, 0.25) is 5.02 Å². The fourth-order valence-electron chi connectivity index (χ4n) is 4.31. The summed E-state index contributed by atoms with van der Waals surface area (Å²) < 4.78 is 30.0. The lowest BCUT2D eigenvalue weighted by molar-refractivity contribution is -0.120. The largest absolute Gasteiger partial charge is 0.507 e. The number of rotatable bonds is 1. The second kappa shape index (κ2) is 6.78. The molecule has 0 bridgehead atoms. The zero-order valence-corrected chi connectivity index (χ0v) is 16.7. The van der Waals surface area contributed by atoms with E-state index in [-0.39, 0.29) is 27.6 Å². The van der Waals surface area contributed by atoms with Crippen LogP contribution >= 0.6 is 11.6 Å². The Kier molecular flexibility index (Phi) is 4.30. The van der Waals surface area contributed by atoms with Crippen LogP contribution in [-0.4, -0.2) is 48.7 Å². The summed E-state index contributed by atoms with van der Waals surface area (Å²) in [6, 6.07) is 4.83. The standard InChI is InChI=1S/C21H17ClF2N4O2/c1-27-13-9-26-19-10(20(13)28-6-5-25-8-14(28)21(27)30)7-11(22)16(18(19)24)17-12(23)3-2-4-15(17)29/h2-4,7,9,14,25,29H,5-6,8H2,1H3. The summed E-state index contributed by atoms with van der Waals surface area (Å²) in [6.07, 6.45) is 1.44. The molecular weight excluding hydrogens is 414 g/mol. The van der Waals surface area contributed by atoms with Crippen molar-refractivity contribution >= 4 is 39.8 Å². The Morgan fingerprint density at radius 2 is 2.10 bits per heavy atom. The Morgan fingerprint density at radius 3 is 2.87 bits per heavy atom. The number of amides is 1. The number of carbonyl (C=O) groups excluding carboxylic acids is 1. The van der Waals surface area contributed by atoms with Gasteiger partial charge >= 0.3 is 0 Å². The maximum absolute atomic E-state index is 15.6. The molecule has 0 spiro atoms. The number of aromatic hydroxyl groups is 1. The molecule has 9 heteroatoms. The third-order valence-electron chi connectivity index (χ3n) is 5.76. The summed E-state index contributed by atoms with van der Waals surface area (Å²) in [5.41, 5.74) is 0.662. The van der Waals surface area contributed by atoms with Crippen LogP contribution in [0.4, 0.5) is 20.2 Å². The Morgan fingerprint density at radius 1 is 1.30 bits per heavy atom. The monoisotopic (exact) mass is 430 g/mol. The number of phenolic OH excluding ortho intramolecular Hbond substituents is 1. The smallest absolute Gasteiger partial charge is 0.250 e. The summed E-state index contributed by atoms with van der Waals surface area (Å²) >= 11 is 6.41. The molecule has 2 aromatic carbocycles. The first-order valence-electron chi connectivity index (χ1n) is 9.43. The van der Waals surface area contributed by atoms with E-state index in [2.05, 4.69) is 10.3 Å². The van der Waals surface area contributed by atoms with Crippen LogP contribution in [0.5, 0.6) is 5.75 Å². The summed E-state index contributed by atoms with van der Waals surface area (Å²) in [6.45, 7) is 1.71. The summed E-state index contributed by atoms with van der Waals surface area (Å²) in [4.78, 5) is 20.4. The van der Waals surface area contributed by atoms with Gasteiger partial charge < -0.3 is 20.2 Å². The van der Waals surface area contributed by atoms with Crippen molar-refractivity contribution in [2.24, 2.45) is 0 Å². The predicted octanol–water partition coefficient (Wildman–Crippen LogP) is 3.29. The van der Waals surface area contributed by atoms with Gasteiger partial charge in [0.05, 0.1) is 28.2 Å². The highest BCUT2D eigenvalue weighted by molar-refractivity contribution is 6.34. The molecule has 2 aliphatic heterocycles. The fourth-order valence-corrected chi connectivity index (χ4v) is 4.60. The lowest BCUT2D eigenvalue weighted by Gasteiger charge is -2.44. The molecule has 2 N–H and O–H groups in total. The van der Waals surface area contributed by atoms with Crippen molar-refractivity contribution in [1.82, 2.24) is 10.3 Å². The molecule has 1 atom stereocenters. The fraction of sp³-hybridized carbons (Fsp3) is 0.238. The van der Waals surface area contributed by atoms with Gasteiger partial charge in [-0.15, -0.1) is 0 Å². The number of likely N-dealkylation sites (N-methyl/N-ethyl adjacent to an activating group) is 1. The zero-order valence-electron chi connectivity index (χ0n) is 15.9. The van der Waals surface area contributed by atoms with Crippen molar-refractivity contribution in [1.29, 1.82) is 0 Å². The molecule has 2 aliphatic rings. The number of hydrogen-bond donors (Lipinski definition) is 2. The SMILES string of the molecule is CN1C(=O)C2CNCCN2c2c1cnc1c(F)c(-c3c(O)cccc3F)c(Cl)cc21. The summed E-state index contributed by atoms with van der Waals surface area (Å²) in [5.74, 6) is -2.11. The molecule has 3 heterocycles. The minimum atomic E-state index is -0.827. The molecule has 6 nitrogen and oxygen atoms in total. The zero-order chi connectivity index (χ0) is 21.2. The second-order valence-electron chi connectivity index (χ2n) is 7.38. The van der Waals surface area contributed by atoms with E-state index in [0.29, 0.717) is 36.4 Å². The molecule has 1 saturated heterocycles. The highest BCUT2D eigenvalue weighted by atomic mass is 35.5. The van der Waals surface area contributed by atoms with E-state index in [4.69, 9.17) is 11.6 Å². The van der Waals surface area contributed by atoms with Gasteiger partial charge in [0, 0.05) is 37.6 Å². The molecule has 0 radical (unpaired) electrons. The minimum Gasteiger partial charge on any atom is -0.507 e. The molecule has 1 amide bonds. The van der Waals surface area contributed by atoms with Crippen LogP contribution in [0.1, 0.15) is 0 Å². The summed E-state index contributed by atoms with van der Waals surface area (Å²) in [7, 11) is 1.66. The molecule has 1 unspecified atom stereocenters. The van der Waals surface area contributed by atoms with Gasteiger partial charge in [0.2, 0.25) is 0 Å². The van der Waals surface area contributed by atoms with E-state index < -0.39 is 23.4 Å². The maximum atomic E-state index is 15.6. The predicted molar refractivity (Wildman–Crippen MR) is 111 cm³/mol. The van der Waals surface area contributed by atoms with Crippen LogP contribution in [-0.2, 0) is 4.79 Å². The normalized spacial score (nSPS) is 18.5. The molecule has 5 rings (SSSR count).